The van der Waals surface area contributed by atoms with E-state index in [1.807, 2.05) is 24.3 Å². The molecule has 1 fully saturated rings. The van der Waals surface area contributed by atoms with E-state index in [1.54, 1.807) is 0 Å². The molecule has 2 heteroatoms. The van der Waals surface area contributed by atoms with Crippen molar-refractivity contribution in [3.05, 3.63) is 29.8 Å². The summed E-state index contributed by atoms with van der Waals surface area (Å²) in [5, 5.41) is 8.63. The topological polar surface area (TPSA) is 27.0 Å². The first-order valence-electron chi connectivity index (χ1n) is 4.58. The minimum atomic E-state index is 0.660. The van der Waals surface area contributed by atoms with Gasteiger partial charge in [-0.25, -0.2) is 0 Å². The van der Waals surface area contributed by atoms with Crippen LogP contribution in [-0.4, -0.2) is 12.6 Å². The van der Waals surface area contributed by atoms with Gasteiger partial charge in [0, 0.05) is 18.3 Å². The summed E-state index contributed by atoms with van der Waals surface area (Å²) in [6.07, 6.45) is 1.28. The molecule has 0 radical (unpaired) electrons. The van der Waals surface area contributed by atoms with Crippen molar-refractivity contribution in [3.63, 3.8) is 0 Å². The molecule has 13 heavy (non-hydrogen) atoms. The van der Waals surface area contributed by atoms with Crippen molar-refractivity contribution < 1.29 is 0 Å². The molecule has 0 spiro atoms. The van der Waals surface area contributed by atoms with Crippen LogP contribution in [0.3, 0.4) is 0 Å². The van der Waals surface area contributed by atoms with Gasteiger partial charge in [0.15, 0.2) is 0 Å². The van der Waals surface area contributed by atoms with Gasteiger partial charge >= 0.3 is 0 Å². The molecule has 0 bridgehead atoms. The molecule has 1 aliphatic heterocycles. The number of nitriles is 1. The van der Waals surface area contributed by atoms with E-state index in [0.29, 0.717) is 6.04 Å². The first kappa shape index (κ1) is 8.12. The highest BCUT2D eigenvalue weighted by Gasteiger charge is 2.23. The predicted octanol–water partition coefficient (Wildman–Crippen LogP) is 2.16. The Morgan fingerprint density at radius 2 is 2.08 bits per heavy atom. The molecule has 1 saturated heterocycles. The summed E-state index contributed by atoms with van der Waals surface area (Å²) in [6.45, 7) is 3.37. The van der Waals surface area contributed by atoms with E-state index >= 15 is 0 Å². The SMILES string of the molecule is CC1CCN1c1ccc(C#N)cc1. The Morgan fingerprint density at radius 1 is 1.38 bits per heavy atom. The number of rotatable bonds is 1. The highest BCUT2D eigenvalue weighted by atomic mass is 15.2. The Morgan fingerprint density at radius 3 is 2.46 bits per heavy atom. The van der Waals surface area contributed by atoms with Crippen LogP contribution in [0.1, 0.15) is 18.9 Å². The van der Waals surface area contributed by atoms with Gasteiger partial charge in [-0.15, -0.1) is 0 Å². The Hall–Kier alpha value is -1.49. The maximum Gasteiger partial charge on any atom is 0.0991 e. The van der Waals surface area contributed by atoms with Crippen LogP contribution < -0.4 is 4.90 Å². The number of nitrogens with zero attached hydrogens (tertiary/aromatic N) is 2. The zero-order valence-electron chi connectivity index (χ0n) is 7.70. The molecule has 1 aliphatic rings. The van der Waals surface area contributed by atoms with Crippen LogP contribution in [-0.2, 0) is 0 Å². The summed E-state index contributed by atoms with van der Waals surface area (Å²) in [6, 6.07) is 10.6. The smallest absolute Gasteiger partial charge is 0.0991 e. The van der Waals surface area contributed by atoms with Crippen molar-refractivity contribution >= 4 is 5.69 Å². The van der Waals surface area contributed by atoms with E-state index in [-0.39, 0.29) is 0 Å². The molecular formula is C11H12N2. The fraction of sp³-hybridized carbons (Fsp3) is 0.364. The molecular weight excluding hydrogens is 160 g/mol. The molecule has 66 valence electrons. The van der Waals surface area contributed by atoms with E-state index in [4.69, 9.17) is 5.26 Å². The lowest BCUT2D eigenvalue weighted by Gasteiger charge is -2.40. The Labute approximate surface area is 78.4 Å². The zero-order valence-corrected chi connectivity index (χ0v) is 7.70. The third-order valence-corrected chi connectivity index (χ3v) is 2.65. The third kappa shape index (κ3) is 1.38. The highest BCUT2D eigenvalue weighted by molar-refractivity contribution is 5.52. The molecule has 0 aromatic heterocycles. The van der Waals surface area contributed by atoms with E-state index in [9.17, 15) is 0 Å². The van der Waals surface area contributed by atoms with Crippen LogP contribution in [0.2, 0.25) is 0 Å². The van der Waals surface area contributed by atoms with E-state index in [0.717, 1.165) is 12.1 Å². The quantitative estimate of drug-likeness (QED) is 0.649. The average Bonchev–Trinajstić information content (AvgIpc) is 2.17. The van der Waals surface area contributed by atoms with Crippen molar-refractivity contribution in [3.8, 4) is 6.07 Å². The van der Waals surface area contributed by atoms with Gasteiger partial charge in [-0.2, -0.15) is 5.26 Å². The first-order chi connectivity index (χ1) is 6.31. The lowest BCUT2D eigenvalue weighted by atomic mass is 10.0. The molecule has 0 aliphatic carbocycles. The first-order valence-corrected chi connectivity index (χ1v) is 4.58. The zero-order chi connectivity index (χ0) is 9.26. The Kier molecular flexibility index (Phi) is 1.94. The summed E-state index contributed by atoms with van der Waals surface area (Å²) in [4.78, 5) is 2.35. The van der Waals surface area contributed by atoms with Crippen LogP contribution in [0.25, 0.3) is 0 Å². The predicted molar refractivity (Wildman–Crippen MR) is 52.6 cm³/mol. The van der Waals surface area contributed by atoms with Crippen LogP contribution >= 0.6 is 0 Å². The molecule has 1 heterocycles. The average molecular weight is 172 g/mol. The van der Waals surface area contributed by atoms with Gasteiger partial charge in [-0.3, -0.25) is 0 Å². The molecule has 1 aromatic rings. The van der Waals surface area contributed by atoms with Crippen LogP contribution in [0, 0.1) is 11.3 Å². The van der Waals surface area contributed by atoms with Crippen molar-refractivity contribution in [1.82, 2.24) is 0 Å². The lowest BCUT2D eigenvalue weighted by Crippen LogP contribution is -2.45. The second kappa shape index (κ2) is 3.10. The largest absolute Gasteiger partial charge is 0.369 e. The van der Waals surface area contributed by atoms with Crippen molar-refractivity contribution in [2.75, 3.05) is 11.4 Å². The standard InChI is InChI=1S/C11H12N2/c1-9-6-7-13(9)11-4-2-10(8-12)3-5-11/h2-5,9H,6-7H2,1H3. The minimum absolute atomic E-state index is 0.660. The van der Waals surface area contributed by atoms with Crippen LogP contribution in [0.4, 0.5) is 5.69 Å². The van der Waals surface area contributed by atoms with Gasteiger partial charge in [0.05, 0.1) is 11.6 Å². The fourth-order valence-corrected chi connectivity index (χ4v) is 1.63. The van der Waals surface area contributed by atoms with E-state index in [1.165, 1.54) is 12.1 Å². The minimum Gasteiger partial charge on any atom is -0.369 e. The van der Waals surface area contributed by atoms with Crippen molar-refractivity contribution in [2.45, 2.75) is 19.4 Å². The molecule has 0 amide bonds. The van der Waals surface area contributed by atoms with Gasteiger partial charge in [0.2, 0.25) is 0 Å². The molecule has 1 aromatic carbocycles. The molecule has 1 unspecified atom stereocenters. The summed E-state index contributed by atoms with van der Waals surface area (Å²) in [5.41, 5.74) is 1.97. The normalized spacial score (nSPS) is 20.6. The molecule has 2 rings (SSSR count). The second-order valence-corrected chi connectivity index (χ2v) is 3.49. The summed E-state index contributed by atoms with van der Waals surface area (Å²) >= 11 is 0. The summed E-state index contributed by atoms with van der Waals surface area (Å²) < 4.78 is 0. The molecule has 1 atom stereocenters. The Bertz CT molecular complexity index is 334. The number of hydrogen-bond acceptors (Lipinski definition) is 2. The van der Waals surface area contributed by atoms with Gasteiger partial charge < -0.3 is 4.90 Å². The van der Waals surface area contributed by atoms with Crippen LogP contribution in [0.5, 0.6) is 0 Å². The van der Waals surface area contributed by atoms with Gasteiger partial charge in [-0.05, 0) is 37.6 Å². The summed E-state index contributed by atoms with van der Waals surface area (Å²) in [5.74, 6) is 0. The maximum absolute atomic E-state index is 8.63. The number of hydrogen-bond donors (Lipinski definition) is 0. The van der Waals surface area contributed by atoms with Crippen molar-refractivity contribution in [2.24, 2.45) is 0 Å². The molecule has 0 saturated carbocycles. The van der Waals surface area contributed by atoms with Crippen LogP contribution in [0.15, 0.2) is 24.3 Å². The monoisotopic (exact) mass is 172 g/mol. The van der Waals surface area contributed by atoms with Gasteiger partial charge in [-0.1, -0.05) is 0 Å². The van der Waals surface area contributed by atoms with E-state index < -0.39 is 0 Å². The lowest BCUT2D eigenvalue weighted by molar-refractivity contribution is 0.481. The number of anilines is 1. The third-order valence-electron chi connectivity index (χ3n) is 2.65. The fourth-order valence-electron chi connectivity index (χ4n) is 1.63. The maximum atomic E-state index is 8.63. The number of benzene rings is 1. The Balaban J connectivity index is 2.19. The van der Waals surface area contributed by atoms with Gasteiger partial charge in [0.25, 0.3) is 0 Å². The molecule has 0 N–H and O–H groups in total. The summed E-state index contributed by atoms with van der Waals surface area (Å²) in [7, 11) is 0. The van der Waals surface area contributed by atoms with E-state index in [2.05, 4.69) is 17.9 Å². The second-order valence-electron chi connectivity index (χ2n) is 3.49. The highest BCUT2D eigenvalue weighted by Crippen LogP contribution is 2.25. The van der Waals surface area contributed by atoms with Crippen molar-refractivity contribution in [1.29, 1.82) is 5.26 Å². The molecule has 2 nitrogen and oxygen atoms in total. The van der Waals surface area contributed by atoms with Gasteiger partial charge in [0.1, 0.15) is 0 Å².